The van der Waals surface area contributed by atoms with Crippen LogP contribution in [0.5, 0.6) is 5.75 Å². The van der Waals surface area contributed by atoms with Crippen LogP contribution < -0.4 is 15.6 Å². The van der Waals surface area contributed by atoms with Gasteiger partial charge in [0.15, 0.2) is 28.2 Å². The number of rotatable bonds is 3. The van der Waals surface area contributed by atoms with Crippen LogP contribution in [0.2, 0.25) is 0 Å². The molecule has 0 saturated carbocycles. The summed E-state index contributed by atoms with van der Waals surface area (Å²) in [5.74, 6) is 0.486. The number of piperidine rings is 1. The standard InChI is InChI=1S/C19H18F2N6O2S/c1-10-8-27-17(23-10)13(29-2)5-12(25-27)11-6-16(28)26-9-15(30-18(26)24-11)19(21)3-4-22-7-14(19)20/h5-6,8-9,14,22H,3-4,7H2,1-2H3/t14-,19+/m0/s1. The van der Waals surface area contributed by atoms with Crippen LogP contribution in [0.1, 0.15) is 17.0 Å². The number of imidazole rings is 1. The molecule has 0 radical (unpaired) electrons. The number of ether oxygens (including phenoxy) is 1. The van der Waals surface area contributed by atoms with E-state index >= 15 is 4.39 Å². The lowest BCUT2D eigenvalue weighted by Gasteiger charge is -2.32. The highest BCUT2D eigenvalue weighted by Crippen LogP contribution is 2.40. The molecule has 156 valence electrons. The van der Waals surface area contributed by atoms with Gasteiger partial charge in [0.1, 0.15) is 5.69 Å². The third-order valence-corrected chi connectivity index (χ3v) is 6.39. The fourth-order valence-electron chi connectivity index (χ4n) is 3.66. The van der Waals surface area contributed by atoms with Gasteiger partial charge in [-0.15, -0.1) is 0 Å². The third kappa shape index (κ3) is 2.88. The normalized spacial score (nSPS) is 22.1. The summed E-state index contributed by atoms with van der Waals surface area (Å²) >= 11 is 0.978. The Morgan fingerprint density at radius 3 is 2.90 bits per heavy atom. The van der Waals surface area contributed by atoms with E-state index < -0.39 is 17.4 Å². The van der Waals surface area contributed by atoms with Crippen molar-refractivity contribution in [1.82, 2.24) is 29.3 Å². The molecule has 2 atom stereocenters. The summed E-state index contributed by atoms with van der Waals surface area (Å²) in [6.07, 6.45) is 1.40. The molecule has 11 heteroatoms. The van der Waals surface area contributed by atoms with Crippen molar-refractivity contribution in [2.45, 2.75) is 25.2 Å². The first-order valence-corrected chi connectivity index (χ1v) is 10.2. The Bertz CT molecular complexity index is 1330. The van der Waals surface area contributed by atoms with E-state index in [9.17, 15) is 9.18 Å². The lowest BCUT2D eigenvalue weighted by atomic mass is 9.91. The van der Waals surface area contributed by atoms with Gasteiger partial charge in [-0.1, -0.05) is 11.3 Å². The highest BCUT2D eigenvalue weighted by Gasteiger charge is 2.45. The number of aryl methyl sites for hydroxylation is 1. The summed E-state index contributed by atoms with van der Waals surface area (Å²) < 4.78 is 37.9. The second kappa shape index (κ2) is 6.81. The number of aromatic nitrogens is 5. The predicted molar refractivity (Wildman–Crippen MR) is 108 cm³/mol. The molecule has 1 aliphatic rings. The van der Waals surface area contributed by atoms with Crippen molar-refractivity contribution in [2.24, 2.45) is 0 Å². The maximum Gasteiger partial charge on any atom is 0.259 e. The number of halogens is 2. The Hall–Kier alpha value is -2.92. The SMILES string of the molecule is COc1cc(-c2cc(=O)n3cc([C@@]4(F)CCNC[C@@H]4F)sc3n2)nn2cc(C)nc12. The smallest absolute Gasteiger partial charge is 0.259 e. The van der Waals surface area contributed by atoms with Crippen molar-refractivity contribution in [1.29, 1.82) is 0 Å². The molecule has 0 spiro atoms. The molecule has 5 heterocycles. The molecule has 4 aromatic heterocycles. The number of methoxy groups -OCH3 is 1. The molecule has 1 N–H and O–H groups in total. The van der Waals surface area contributed by atoms with Crippen LogP contribution in [0.15, 0.2) is 29.3 Å². The van der Waals surface area contributed by atoms with Crippen molar-refractivity contribution in [3.63, 3.8) is 0 Å². The van der Waals surface area contributed by atoms with Gasteiger partial charge >= 0.3 is 0 Å². The molecule has 0 aliphatic carbocycles. The van der Waals surface area contributed by atoms with Crippen molar-refractivity contribution in [3.8, 4) is 17.1 Å². The van der Waals surface area contributed by atoms with Gasteiger partial charge < -0.3 is 10.1 Å². The van der Waals surface area contributed by atoms with Crippen molar-refractivity contribution < 1.29 is 13.5 Å². The van der Waals surface area contributed by atoms with Gasteiger partial charge in [-0.2, -0.15) is 5.10 Å². The average Bonchev–Trinajstić information content (AvgIpc) is 3.32. The first-order chi connectivity index (χ1) is 14.4. The molecule has 4 aromatic rings. The van der Waals surface area contributed by atoms with E-state index in [1.165, 1.54) is 23.8 Å². The van der Waals surface area contributed by atoms with Gasteiger partial charge in [-0.3, -0.25) is 9.20 Å². The Kier molecular flexibility index (Phi) is 4.33. The molecule has 1 aliphatic heterocycles. The number of fused-ring (bicyclic) bond motifs is 2. The van der Waals surface area contributed by atoms with Crippen molar-refractivity contribution >= 4 is 21.9 Å². The van der Waals surface area contributed by atoms with Gasteiger partial charge in [0.05, 0.1) is 29.6 Å². The van der Waals surface area contributed by atoms with E-state index in [2.05, 4.69) is 20.4 Å². The van der Waals surface area contributed by atoms with Crippen LogP contribution in [0.3, 0.4) is 0 Å². The van der Waals surface area contributed by atoms with Gasteiger partial charge in [-0.25, -0.2) is 23.3 Å². The Morgan fingerprint density at radius 1 is 1.30 bits per heavy atom. The Morgan fingerprint density at radius 2 is 2.13 bits per heavy atom. The van der Waals surface area contributed by atoms with E-state index in [-0.39, 0.29) is 22.8 Å². The number of nitrogens with zero attached hydrogens (tertiary/aromatic N) is 5. The summed E-state index contributed by atoms with van der Waals surface area (Å²) in [7, 11) is 1.52. The van der Waals surface area contributed by atoms with Crippen LogP contribution in [0, 0.1) is 6.92 Å². The third-order valence-electron chi connectivity index (χ3n) is 5.26. The first kappa shape index (κ1) is 19.1. The van der Waals surface area contributed by atoms with Crippen LogP contribution in [0.4, 0.5) is 8.78 Å². The van der Waals surface area contributed by atoms with Crippen molar-refractivity contribution in [3.05, 3.63) is 45.5 Å². The maximum absolute atomic E-state index is 15.4. The van der Waals surface area contributed by atoms with E-state index in [0.717, 1.165) is 17.0 Å². The number of thiazole rings is 1. The lowest BCUT2D eigenvalue weighted by Crippen LogP contribution is -2.46. The van der Waals surface area contributed by atoms with Crippen LogP contribution in [0.25, 0.3) is 22.0 Å². The minimum atomic E-state index is -2.13. The van der Waals surface area contributed by atoms with E-state index in [0.29, 0.717) is 29.3 Å². The highest BCUT2D eigenvalue weighted by atomic mass is 32.1. The number of hydrogen-bond donors (Lipinski definition) is 1. The van der Waals surface area contributed by atoms with Gasteiger partial charge in [0, 0.05) is 31.3 Å². The molecule has 1 fully saturated rings. The fourth-order valence-corrected chi connectivity index (χ4v) is 4.80. The summed E-state index contributed by atoms with van der Waals surface area (Å²) in [5, 5.41) is 7.31. The second-order valence-corrected chi connectivity index (χ2v) is 8.27. The predicted octanol–water partition coefficient (Wildman–Crippen LogP) is 2.28. The topological polar surface area (TPSA) is 85.8 Å². The van der Waals surface area contributed by atoms with Crippen LogP contribution in [-0.2, 0) is 5.67 Å². The molecule has 0 bridgehead atoms. The number of hydrogen-bond acceptors (Lipinski definition) is 7. The monoisotopic (exact) mass is 432 g/mol. The molecule has 0 unspecified atom stereocenters. The van der Waals surface area contributed by atoms with Gasteiger partial charge in [0.25, 0.3) is 5.56 Å². The van der Waals surface area contributed by atoms with Gasteiger partial charge in [0.2, 0.25) is 0 Å². The zero-order chi connectivity index (χ0) is 21.0. The minimum Gasteiger partial charge on any atom is -0.493 e. The summed E-state index contributed by atoms with van der Waals surface area (Å²) in [6, 6.07) is 2.97. The van der Waals surface area contributed by atoms with Crippen LogP contribution >= 0.6 is 11.3 Å². The largest absolute Gasteiger partial charge is 0.493 e. The molecule has 0 amide bonds. The second-order valence-electron chi connectivity index (χ2n) is 7.26. The molecular weight excluding hydrogens is 414 g/mol. The fraction of sp³-hybridized carbons (Fsp3) is 0.368. The van der Waals surface area contributed by atoms with E-state index in [1.54, 1.807) is 16.8 Å². The maximum atomic E-state index is 15.4. The quantitative estimate of drug-likeness (QED) is 0.535. The molecule has 8 nitrogen and oxygen atoms in total. The van der Waals surface area contributed by atoms with E-state index in [4.69, 9.17) is 4.74 Å². The molecule has 1 saturated heterocycles. The highest BCUT2D eigenvalue weighted by molar-refractivity contribution is 7.17. The molecular formula is C19H18F2N6O2S. The van der Waals surface area contributed by atoms with Crippen molar-refractivity contribution in [2.75, 3.05) is 20.2 Å². The summed E-state index contributed by atoms with van der Waals surface area (Å²) in [4.78, 5) is 22.0. The van der Waals surface area contributed by atoms with Crippen LogP contribution in [-0.4, -0.2) is 50.4 Å². The molecule has 30 heavy (non-hydrogen) atoms. The van der Waals surface area contributed by atoms with E-state index in [1.807, 2.05) is 6.92 Å². The lowest BCUT2D eigenvalue weighted by molar-refractivity contribution is 0.0215. The van der Waals surface area contributed by atoms with Gasteiger partial charge in [-0.05, 0) is 13.5 Å². The Labute approximate surface area is 173 Å². The zero-order valence-electron chi connectivity index (χ0n) is 16.2. The zero-order valence-corrected chi connectivity index (χ0v) is 17.0. The Balaban J connectivity index is 1.65. The molecule has 0 aromatic carbocycles. The average molecular weight is 432 g/mol. The molecule has 5 rings (SSSR count). The summed E-state index contributed by atoms with van der Waals surface area (Å²) in [6.45, 7) is 2.14. The minimum absolute atomic E-state index is 0.00199. The summed E-state index contributed by atoms with van der Waals surface area (Å²) in [5.41, 5.74) is -0.491. The number of nitrogens with one attached hydrogen (secondary N) is 1. The number of alkyl halides is 2. The first-order valence-electron chi connectivity index (χ1n) is 9.38.